The van der Waals surface area contributed by atoms with Gasteiger partial charge < -0.3 is 9.66 Å². The van der Waals surface area contributed by atoms with E-state index < -0.39 is 41.2 Å². The molecule has 0 rings (SSSR count). The number of halogens is 3. The van der Waals surface area contributed by atoms with Crippen LogP contribution >= 0.6 is 0 Å². The van der Waals surface area contributed by atoms with Crippen molar-refractivity contribution in [3.63, 3.8) is 0 Å². The Kier molecular flexibility index (Phi) is 4.40. The van der Waals surface area contributed by atoms with Gasteiger partial charge in [0.1, 0.15) is 5.75 Å². The molecule has 3 nitrogen and oxygen atoms in total. The number of aliphatic carboxylic acids is 1. The van der Waals surface area contributed by atoms with Crippen LogP contribution in [0.2, 0.25) is 0 Å². The molecule has 72 valence electrons. The summed E-state index contributed by atoms with van der Waals surface area (Å²) >= 11 is -1.92. The number of carboxylic acids is 1. The second-order valence-corrected chi connectivity index (χ2v) is 3.62. The number of carboxylic acid groups (broad SMARTS) is 1. The highest BCUT2D eigenvalue weighted by molar-refractivity contribution is 7.92. The van der Waals surface area contributed by atoms with Gasteiger partial charge in [0.15, 0.2) is 0 Å². The van der Waals surface area contributed by atoms with Crippen molar-refractivity contribution < 1.29 is 27.6 Å². The predicted octanol–water partition coefficient (Wildman–Crippen LogP) is 0.772. The number of alkyl halides is 3. The topological polar surface area (TPSA) is 60.4 Å². The van der Waals surface area contributed by atoms with Crippen molar-refractivity contribution in [2.24, 2.45) is 0 Å². The van der Waals surface area contributed by atoms with Crippen LogP contribution in [0.5, 0.6) is 0 Å². The Morgan fingerprint density at radius 3 is 2.33 bits per heavy atom. The van der Waals surface area contributed by atoms with Crippen LogP contribution < -0.4 is 0 Å². The third kappa shape index (κ3) is 7.67. The summed E-state index contributed by atoms with van der Waals surface area (Å²) in [7, 11) is 0. The standard InChI is InChI=1S/C5H7F3O3S/c6-5(7,8)1-2-12(11)3-4(9)10/h1-3H2,(H,9,10). The molecule has 0 aromatic heterocycles. The van der Waals surface area contributed by atoms with Gasteiger partial charge in [0, 0.05) is 0 Å². The molecular weight excluding hydrogens is 197 g/mol. The van der Waals surface area contributed by atoms with E-state index in [2.05, 4.69) is 0 Å². The van der Waals surface area contributed by atoms with Crippen LogP contribution in [0.4, 0.5) is 13.2 Å². The minimum Gasteiger partial charge on any atom is -0.616 e. The van der Waals surface area contributed by atoms with E-state index >= 15 is 0 Å². The molecule has 0 radical (unpaired) electrons. The fraction of sp³-hybridized carbons (Fsp3) is 0.800. The first-order chi connectivity index (χ1) is 5.31. The maximum atomic E-state index is 11.5. The van der Waals surface area contributed by atoms with Crippen LogP contribution in [0.3, 0.4) is 0 Å². The molecule has 0 aromatic rings. The first kappa shape index (κ1) is 11.6. The summed E-state index contributed by atoms with van der Waals surface area (Å²) in [6.45, 7) is 0. The molecule has 0 aliphatic carbocycles. The lowest BCUT2D eigenvalue weighted by molar-refractivity contribution is -0.134. The van der Waals surface area contributed by atoms with Crippen LogP contribution in [-0.2, 0) is 16.0 Å². The van der Waals surface area contributed by atoms with Crippen molar-refractivity contribution in [3.05, 3.63) is 0 Å². The zero-order chi connectivity index (χ0) is 9.78. The second kappa shape index (κ2) is 4.56. The first-order valence-corrected chi connectivity index (χ1v) is 4.43. The van der Waals surface area contributed by atoms with Crippen LogP contribution in [-0.4, -0.2) is 33.3 Å². The Morgan fingerprint density at radius 1 is 1.50 bits per heavy atom. The van der Waals surface area contributed by atoms with Gasteiger partial charge in [-0.2, -0.15) is 13.2 Å². The van der Waals surface area contributed by atoms with E-state index in [4.69, 9.17) is 5.11 Å². The lowest BCUT2D eigenvalue weighted by Crippen LogP contribution is -2.22. The Bertz CT molecular complexity index is 159. The largest absolute Gasteiger partial charge is 0.616 e. The molecule has 0 spiro atoms. The first-order valence-electron chi connectivity index (χ1n) is 2.95. The van der Waals surface area contributed by atoms with Crippen molar-refractivity contribution in [1.29, 1.82) is 0 Å². The Hall–Kier alpha value is -0.430. The Labute approximate surface area is 69.7 Å². The summed E-state index contributed by atoms with van der Waals surface area (Å²) in [6, 6.07) is 0. The van der Waals surface area contributed by atoms with E-state index in [0.717, 1.165) is 0 Å². The molecule has 0 aliphatic heterocycles. The van der Waals surface area contributed by atoms with Crippen LogP contribution in [0.25, 0.3) is 0 Å². The van der Waals surface area contributed by atoms with E-state index in [0.29, 0.717) is 0 Å². The summed E-state index contributed by atoms with van der Waals surface area (Å²) in [4.78, 5) is 9.86. The van der Waals surface area contributed by atoms with Crippen molar-refractivity contribution >= 4 is 17.1 Å². The lowest BCUT2D eigenvalue weighted by Gasteiger charge is -2.09. The highest BCUT2D eigenvalue weighted by Crippen LogP contribution is 2.20. The summed E-state index contributed by atoms with van der Waals surface area (Å²) < 4.78 is 44.9. The highest BCUT2D eigenvalue weighted by Gasteiger charge is 2.29. The molecule has 0 aromatic carbocycles. The third-order valence-electron chi connectivity index (χ3n) is 0.898. The van der Waals surface area contributed by atoms with Gasteiger partial charge in [-0.15, -0.1) is 0 Å². The molecular formula is C5H7F3O3S. The quantitative estimate of drug-likeness (QED) is 0.688. The monoisotopic (exact) mass is 204 g/mol. The molecule has 0 bridgehead atoms. The van der Waals surface area contributed by atoms with E-state index in [-0.39, 0.29) is 0 Å². The molecule has 12 heavy (non-hydrogen) atoms. The maximum Gasteiger partial charge on any atom is 0.393 e. The van der Waals surface area contributed by atoms with Crippen molar-refractivity contribution in [3.8, 4) is 0 Å². The van der Waals surface area contributed by atoms with Gasteiger partial charge in [0.05, 0.1) is 6.42 Å². The molecule has 0 aliphatic rings. The molecule has 7 heteroatoms. The second-order valence-electron chi connectivity index (χ2n) is 2.05. The number of hydrogen-bond acceptors (Lipinski definition) is 2. The minimum absolute atomic E-state index is 0.643. The zero-order valence-corrected chi connectivity index (χ0v) is 6.74. The van der Waals surface area contributed by atoms with E-state index in [9.17, 15) is 22.5 Å². The number of hydrogen-bond donors (Lipinski definition) is 1. The van der Waals surface area contributed by atoms with E-state index in [1.807, 2.05) is 0 Å². The number of rotatable bonds is 4. The van der Waals surface area contributed by atoms with Crippen LogP contribution in [0.15, 0.2) is 0 Å². The van der Waals surface area contributed by atoms with Gasteiger partial charge in [-0.1, -0.05) is 0 Å². The number of carbonyl (C=O) groups is 1. The van der Waals surface area contributed by atoms with Gasteiger partial charge in [-0.05, 0) is 11.2 Å². The van der Waals surface area contributed by atoms with Crippen LogP contribution in [0, 0.1) is 0 Å². The average Bonchev–Trinajstić information content (AvgIpc) is 1.80. The Morgan fingerprint density at radius 2 is 2.00 bits per heavy atom. The Balaban J connectivity index is 3.57. The molecule has 0 amide bonds. The third-order valence-corrected chi connectivity index (χ3v) is 2.13. The molecule has 1 atom stereocenters. The average molecular weight is 204 g/mol. The van der Waals surface area contributed by atoms with Gasteiger partial charge in [-0.25, -0.2) is 4.79 Å². The highest BCUT2D eigenvalue weighted by atomic mass is 32.2. The normalized spacial score (nSPS) is 14.3. The van der Waals surface area contributed by atoms with E-state index in [1.54, 1.807) is 0 Å². The van der Waals surface area contributed by atoms with Crippen molar-refractivity contribution in [2.75, 3.05) is 11.5 Å². The molecule has 0 heterocycles. The SMILES string of the molecule is O=C(O)C[S+]([O-])CCC(F)(F)F. The zero-order valence-electron chi connectivity index (χ0n) is 5.93. The van der Waals surface area contributed by atoms with Crippen molar-refractivity contribution in [2.45, 2.75) is 12.6 Å². The molecule has 1 unspecified atom stereocenters. The molecule has 0 fully saturated rings. The summed E-state index contributed by atoms with van der Waals surface area (Å²) in [6.07, 6.45) is -5.57. The molecule has 0 saturated heterocycles. The minimum atomic E-state index is -4.37. The molecule has 1 N–H and O–H groups in total. The summed E-state index contributed by atoms with van der Waals surface area (Å²) in [5.74, 6) is -2.72. The lowest BCUT2D eigenvalue weighted by atomic mass is 10.5. The summed E-state index contributed by atoms with van der Waals surface area (Å²) in [5.41, 5.74) is 0. The fourth-order valence-corrected chi connectivity index (χ4v) is 1.32. The predicted molar refractivity (Wildman–Crippen MR) is 36.2 cm³/mol. The van der Waals surface area contributed by atoms with Gasteiger partial charge in [-0.3, -0.25) is 0 Å². The molecule has 0 saturated carbocycles. The summed E-state index contributed by atoms with van der Waals surface area (Å²) in [5, 5.41) is 8.04. The van der Waals surface area contributed by atoms with Gasteiger partial charge >= 0.3 is 12.1 Å². The van der Waals surface area contributed by atoms with Gasteiger partial charge in [0.25, 0.3) is 0 Å². The van der Waals surface area contributed by atoms with Gasteiger partial charge in [0.2, 0.25) is 5.75 Å². The smallest absolute Gasteiger partial charge is 0.393 e. The van der Waals surface area contributed by atoms with Crippen LogP contribution in [0.1, 0.15) is 6.42 Å². The maximum absolute atomic E-state index is 11.5. The van der Waals surface area contributed by atoms with Crippen molar-refractivity contribution in [1.82, 2.24) is 0 Å². The van der Waals surface area contributed by atoms with E-state index in [1.165, 1.54) is 0 Å². The fourth-order valence-electron chi connectivity index (χ4n) is 0.439.